The van der Waals surface area contributed by atoms with E-state index in [0.29, 0.717) is 28.8 Å². The van der Waals surface area contributed by atoms with Gasteiger partial charge in [-0.05, 0) is 62.4 Å². The van der Waals surface area contributed by atoms with Crippen LogP contribution in [-0.4, -0.2) is 35.5 Å². The summed E-state index contributed by atoms with van der Waals surface area (Å²) in [6.45, 7) is 1.92. The molecule has 2 aromatic heterocycles. The van der Waals surface area contributed by atoms with Crippen molar-refractivity contribution in [1.29, 1.82) is 0 Å². The number of anilines is 1. The number of fused-ring (bicyclic) bond motifs is 1. The maximum Gasteiger partial charge on any atom is 0.223 e. The molecule has 1 fully saturated rings. The van der Waals surface area contributed by atoms with Gasteiger partial charge in [-0.2, -0.15) is 0 Å². The van der Waals surface area contributed by atoms with Gasteiger partial charge in [0.25, 0.3) is 0 Å². The van der Waals surface area contributed by atoms with Gasteiger partial charge >= 0.3 is 0 Å². The third kappa shape index (κ3) is 5.58. The van der Waals surface area contributed by atoms with Gasteiger partial charge < -0.3 is 11.1 Å². The number of nitrogens with zero attached hydrogens (tertiary/aromatic N) is 3. The molecule has 2 aromatic carbocycles. The van der Waals surface area contributed by atoms with Crippen molar-refractivity contribution in [3.8, 4) is 11.3 Å². The number of hydrogen-bond acceptors (Lipinski definition) is 7. The van der Waals surface area contributed by atoms with Crippen molar-refractivity contribution in [2.75, 3.05) is 5.32 Å². The molecule has 7 nitrogen and oxygen atoms in total. The minimum atomic E-state index is -3.81. The highest BCUT2D eigenvalue weighted by Crippen LogP contribution is 2.29. The first kappa shape index (κ1) is 25.5. The summed E-state index contributed by atoms with van der Waals surface area (Å²) in [6, 6.07) is 13.0. The van der Waals surface area contributed by atoms with Crippen LogP contribution in [0.1, 0.15) is 36.8 Å². The Morgan fingerprint density at radius 2 is 1.84 bits per heavy atom. The fourth-order valence-electron chi connectivity index (χ4n) is 4.65. The number of nitrogens with two attached hydrogens (primary N) is 1. The van der Waals surface area contributed by atoms with Crippen LogP contribution in [0, 0.1) is 12.7 Å². The number of pyridine rings is 1. The van der Waals surface area contributed by atoms with Gasteiger partial charge in [0.2, 0.25) is 5.95 Å². The molecule has 0 bridgehead atoms. The average molecular weight is 540 g/mol. The molecular formula is C27H27ClFN5O2S. The lowest BCUT2D eigenvalue weighted by atomic mass is 9.92. The molecule has 1 aliphatic carbocycles. The number of aryl methyl sites for hydroxylation is 1. The van der Waals surface area contributed by atoms with E-state index < -0.39 is 21.4 Å². The van der Waals surface area contributed by atoms with Crippen LogP contribution >= 0.6 is 11.6 Å². The predicted molar refractivity (Wildman–Crippen MR) is 144 cm³/mol. The monoisotopic (exact) mass is 539 g/mol. The third-order valence-corrected chi connectivity index (χ3v) is 8.87. The zero-order valence-electron chi connectivity index (χ0n) is 20.3. The molecule has 0 unspecified atom stereocenters. The van der Waals surface area contributed by atoms with Gasteiger partial charge in [-0.15, -0.1) is 0 Å². The highest BCUT2D eigenvalue weighted by atomic mass is 35.5. The van der Waals surface area contributed by atoms with Crippen molar-refractivity contribution in [1.82, 2.24) is 15.0 Å². The number of sulfone groups is 1. The Hall–Kier alpha value is -3.14. The third-order valence-electron chi connectivity index (χ3n) is 6.71. The lowest BCUT2D eigenvalue weighted by Crippen LogP contribution is -2.33. The van der Waals surface area contributed by atoms with Crippen LogP contribution in [0.15, 0.2) is 59.6 Å². The quantitative estimate of drug-likeness (QED) is 0.335. The van der Waals surface area contributed by atoms with Gasteiger partial charge in [0.1, 0.15) is 11.3 Å². The maximum atomic E-state index is 15.0. The summed E-state index contributed by atoms with van der Waals surface area (Å²) >= 11 is 6.05. The highest BCUT2D eigenvalue weighted by Gasteiger charge is 2.22. The van der Waals surface area contributed by atoms with Crippen LogP contribution in [-0.2, 0) is 15.6 Å². The molecule has 192 valence electrons. The Kier molecular flexibility index (Phi) is 7.11. The van der Waals surface area contributed by atoms with Crippen molar-refractivity contribution in [2.24, 2.45) is 5.73 Å². The Morgan fingerprint density at radius 3 is 2.57 bits per heavy atom. The van der Waals surface area contributed by atoms with Crippen LogP contribution in [0.3, 0.4) is 0 Å². The van der Waals surface area contributed by atoms with Crippen molar-refractivity contribution >= 4 is 38.4 Å². The highest BCUT2D eigenvalue weighted by molar-refractivity contribution is 7.90. The first-order valence-electron chi connectivity index (χ1n) is 12.1. The molecule has 0 saturated heterocycles. The predicted octanol–water partition coefficient (Wildman–Crippen LogP) is 5.45. The van der Waals surface area contributed by atoms with Crippen molar-refractivity contribution < 1.29 is 12.8 Å². The van der Waals surface area contributed by atoms with Gasteiger partial charge in [-0.25, -0.2) is 27.8 Å². The summed E-state index contributed by atoms with van der Waals surface area (Å²) in [4.78, 5) is 13.7. The normalized spacial score (nSPS) is 18.2. The number of hydrogen-bond donors (Lipinski definition) is 2. The number of nitrogens with one attached hydrogen (secondary N) is 1. The minimum Gasteiger partial charge on any atom is -0.351 e. The fraction of sp³-hybridized carbons (Fsp3) is 0.296. The van der Waals surface area contributed by atoms with E-state index in [0.717, 1.165) is 36.8 Å². The number of aromatic nitrogens is 3. The molecule has 37 heavy (non-hydrogen) atoms. The van der Waals surface area contributed by atoms with Crippen molar-refractivity contribution in [2.45, 2.75) is 55.3 Å². The van der Waals surface area contributed by atoms with E-state index in [2.05, 4.69) is 20.3 Å². The van der Waals surface area contributed by atoms with Crippen LogP contribution in [0.5, 0.6) is 0 Å². The standard InChI is InChI=1S/C27H27ClFN5O2S/c1-16-12-23(33-24-14-31-27(34-26(16)24)32-20-10-8-19(30)9-11-20)17-6-7-18(22(29)13-17)15-37(35,36)25-5-3-2-4-21(25)28/h2-7,12-14,19-20H,8-11,15,30H2,1H3,(H,31,32,34). The summed E-state index contributed by atoms with van der Waals surface area (Å²) in [7, 11) is -3.81. The zero-order chi connectivity index (χ0) is 26.2. The van der Waals surface area contributed by atoms with Gasteiger partial charge in [0.15, 0.2) is 9.84 Å². The fourth-order valence-corrected chi connectivity index (χ4v) is 6.59. The summed E-state index contributed by atoms with van der Waals surface area (Å²) in [5.41, 5.74) is 9.33. The molecule has 4 aromatic rings. The van der Waals surface area contributed by atoms with Crippen molar-refractivity contribution in [3.05, 3.63) is 76.7 Å². The van der Waals surface area contributed by atoms with E-state index in [4.69, 9.17) is 17.3 Å². The second-order valence-electron chi connectivity index (χ2n) is 9.50. The van der Waals surface area contributed by atoms with E-state index in [9.17, 15) is 8.42 Å². The molecule has 0 amide bonds. The molecule has 0 radical (unpaired) electrons. The van der Waals surface area contributed by atoms with Crippen LogP contribution < -0.4 is 11.1 Å². The second-order valence-corrected chi connectivity index (χ2v) is 11.9. The smallest absolute Gasteiger partial charge is 0.223 e. The summed E-state index contributed by atoms with van der Waals surface area (Å²) in [5.74, 6) is -0.569. The first-order chi connectivity index (χ1) is 17.7. The number of halogens is 2. The van der Waals surface area contributed by atoms with Crippen LogP contribution in [0.25, 0.3) is 22.3 Å². The molecule has 0 spiro atoms. The van der Waals surface area contributed by atoms with E-state index >= 15 is 4.39 Å². The molecule has 0 aliphatic heterocycles. The molecular weight excluding hydrogens is 513 g/mol. The maximum absolute atomic E-state index is 15.0. The SMILES string of the molecule is Cc1cc(-c2ccc(CS(=O)(=O)c3ccccc3Cl)c(F)c2)nc2cnc(NC3CCC(N)CC3)nc12. The average Bonchev–Trinajstić information content (AvgIpc) is 2.87. The van der Waals surface area contributed by atoms with Crippen LogP contribution in [0.4, 0.5) is 10.3 Å². The van der Waals surface area contributed by atoms with E-state index in [1.807, 2.05) is 13.0 Å². The molecule has 1 saturated carbocycles. The van der Waals surface area contributed by atoms with Crippen molar-refractivity contribution in [3.63, 3.8) is 0 Å². The lowest BCUT2D eigenvalue weighted by Gasteiger charge is -2.26. The van der Waals surface area contributed by atoms with Crippen LogP contribution in [0.2, 0.25) is 5.02 Å². The van der Waals surface area contributed by atoms with Gasteiger partial charge in [0, 0.05) is 23.2 Å². The molecule has 1 aliphatic rings. The van der Waals surface area contributed by atoms with Gasteiger partial charge in [-0.3, -0.25) is 0 Å². The van der Waals surface area contributed by atoms with Gasteiger partial charge in [0.05, 0.1) is 33.1 Å². The molecule has 5 rings (SSSR count). The topological polar surface area (TPSA) is 111 Å². The largest absolute Gasteiger partial charge is 0.351 e. The second kappa shape index (κ2) is 10.3. The van der Waals surface area contributed by atoms with E-state index in [1.54, 1.807) is 24.4 Å². The minimum absolute atomic E-state index is 0.0205. The number of rotatable bonds is 6. The number of benzene rings is 2. The molecule has 3 N–H and O–H groups in total. The molecule has 10 heteroatoms. The van der Waals surface area contributed by atoms with E-state index in [1.165, 1.54) is 24.3 Å². The first-order valence-corrected chi connectivity index (χ1v) is 14.2. The Labute approximate surface area is 220 Å². The Morgan fingerprint density at radius 1 is 1.08 bits per heavy atom. The Balaban J connectivity index is 1.38. The Bertz CT molecular complexity index is 1570. The summed E-state index contributed by atoms with van der Waals surface area (Å²) in [6.07, 6.45) is 5.60. The van der Waals surface area contributed by atoms with Gasteiger partial charge in [-0.1, -0.05) is 35.9 Å². The molecule has 0 atom stereocenters. The lowest BCUT2D eigenvalue weighted by molar-refractivity contribution is 0.410. The zero-order valence-corrected chi connectivity index (χ0v) is 21.9. The summed E-state index contributed by atoms with van der Waals surface area (Å²) in [5, 5.41) is 3.51. The van der Waals surface area contributed by atoms with E-state index in [-0.39, 0.29) is 21.5 Å². The summed E-state index contributed by atoms with van der Waals surface area (Å²) < 4.78 is 40.6. The molecule has 2 heterocycles.